The minimum Gasteiger partial charge on any atom is -0.494 e. The molecule has 2 aromatic carbocycles. The number of carbonyl (C=O) groups excluding carboxylic acids is 3. The van der Waals surface area contributed by atoms with Gasteiger partial charge in [0.05, 0.1) is 23.4 Å². The molecule has 1 N–H and O–H groups in total. The predicted molar refractivity (Wildman–Crippen MR) is 119 cm³/mol. The van der Waals surface area contributed by atoms with Crippen LogP contribution in [-0.4, -0.2) is 40.8 Å². The molecule has 158 valence electrons. The molecule has 3 aromatic rings. The fourth-order valence-electron chi connectivity index (χ4n) is 3.43. The Kier molecular flexibility index (Phi) is 5.81. The normalized spacial score (nSPS) is 12.8. The number of hydrogen-bond donors (Lipinski definition) is 1. The number of ether oxygens (including phenoxy) is 1. The largest absolute Gasteiger partial charge is 0.494 e. The Labute approximate surface area is 183 Å². The number of anilines is 1. The zero-order valence-corrected chi connectivity index (χ0v) is 18.0. The summed E-state index contributed by atoms with van der Waals surface area (Å²) in [5, 5.41) is 3.25. The Morgan fingerprint density at radius 1 is 1.06 bits per heavy atom. The van der Waals surface area contributed by atoms with E-state index < -0.39 is 0 Å². The molecule has 2 heterocycles. The van der Waals surface area contributed by atoms with Gasteiger partial charge in [-0.05, 0) is 50.2 Å². The van der Waals surface area contributed by atoms with Crippen LogP contribution in [0, 0.1) is 6.92 Å². The topological polar surface area (TPSA) is 88.6 Å². The van der Waals surface area contributed by atoms with E-state index in [0.717, 1.165) is 26.8 Å². The van der Waals surface area contributed by atoms with E-state index in [1.165, 1.54) is 11.3 Å². The second-order valence-corrected chi connectivity index (χ2v) is 8.19. The number of nitrogens with zero attached hydrogens (tertiary/aromatic N) is 2. The maximum absolute atomic E-state index is 12.4. The van der Waals surface area contributed by atoms with Gasteiger partial charge in [0.1, 0.15) is 5.75 Å². The molecule has 1 aliphatic heterocycles. The van der Waals surface area contributed by atoms with Crippen LogP contribution >= 0.6 is 11.3 Å². The molecule has 3 amide bonds. The van der Waals surface area contributed by atoms with Gasteiger partial charge in [0, 0.05) is 23.4 Å². The van der Waals surface area contributed by atoms with E-state index >= 15 is 0 Å². The summed E-state index contributed by atoms with van der Waals surface area (Å²) < 4.78 is 5.46. The van der Waals surface area contributed by atoms with Crippen LogP contribution in [0.15, 0.2) is 48.5 Å². The van der Waals surface area contributed by atoms with Crippen LogP contribution in [0.1, 0.15) is 38.9 Å². The van der Waals surface area contributed by atoms with Crippen LogP contribution in [0.25, 0.3) is 11.3 Å². The third-order valence-corrected chi connectivity index (χ3v) is 5.81. The first-order valence-corrected chi connectivity index (χ1v) is 10.7. The van der Waals surface area contributed by atoms with Crippen molar-refractivity contribution in [2.24, 2.45) is 0 Å². The smallest absolute Gasteiger partial charge is 0.261 e. The summed E-state index contributed by atoms with van der Waals surface area (Å²) in [6.07, 6.45) is 0.00246. The first-order valence-electron chi connectivity index (χ1n) is 9.93. The van der Waals surface area contributed by atoms with Gasteiger partial charge in [0.25, 0.3) is 11.8 Å². The highest BCUT2D eigenvalue weighted by atomic mass is 32.1. The molecule has 4 rings (SSSR count). The van der Waals surface area contributed by atoms with Gasteiger partial charge in [0.2, 0.25) is 5.91 Å². The maximum atomic E-state index is 12.4. The molecule has 0 spiro atoms. The van der Waals surface area contributed by atoms with Gasteiger partial charge in [-0.2, -0.15) is 0 Å². The Hall–Kier alpha value is -3.52. The highest BCUT2D eigenvalue weighted by molar-refractivity contribution is 7.16. The zero-order valence-electron chi connectivity index (χ0n) is 17.2. The van der Waals surface area contributed by atoms with Crippen molar-refractivity contribution in [2.75, 3.05) is 18.5 Å². The van der Waals surface area contributed by atoms with E-state index in [1.54, 1.807) is 24.3 Å². The van der Waals surface area contributed by atoms with Gasteiger partial charge >= 0.3 is 0 Å². The third kappa shape index (κ3) is 4.20. The molecule has 0 saturated heterocycles. The molecule has 0 fully saturated rings. The van der Waals surface area contributed by atoms with Crippen LogP contribution in [-0.2, 0) is 4.79 Å². The molecule has 8 heteroatoms. The van der Waals surface area contributed by atoms with Gasteiger partial charge in [-0.3, -0.25) is 19.3 Å². The van der Waals surface area contributed by atoms with Gasteiger partial charge in [0.15, 0.2) is 5.13 Å². The number of benzene rings is 2. The van der Waals surface area contributed by atoms with Crippen molar-refractivity contribution in [3.8, 4) is 17.0 Å². The number of imide groups is 1. The molecule has 7 nitrogen and oxygen atoms in total. The fourth-order valence-corrected chi connectivity index (χ4v) is 4.28. The van der Waals surface area contributed by atoms with Crippen LogP contribution < -0.4 is 10.1 Å². The quantitative estimate of drug-likeness (QED) is 0.564. The second-order valence-electron chi connectivity index (χ2n) is 6.99. The van der Waals surface area contributed by atoms with E-state index in [4.69, 9.17) is 4.74 Å². The first-order chi connectivity index (χ1) is 15.0. The number of amides is 3. The van der Waals surface area contributed by atoms with Gasteiger partial charge in [-0.15, -0.1) is 11.3 Å². The standard InChI is InChI=1S/C23H21N3O4S/c1-3-30-16-10-8-15(9-11-16)20-14(2)31-23(25-20)24-19(27)12-13-26-21(28)17-6-4-5-7-18(17)22(26)29/h4-11H,3,12-13H2,1-2H3,(H,24,25,27). The van der Waals surface area contributed by atoms with E-state index in [9.17, 15) is 14.4 Å². The van der Waals surface area contributed by atoms with Crippen molar-refractivity contribution in [2.45, 2.75) is 20.3 Å². The average molecular weight is 436 g/mol. The monoisotopic (exact) mass is 435 g/mol. The van der Waals surface area contributed by atoms with Crippen molar-refractivity contribution in [1.29, 1.82) is 0 Å². The van der Waals surface area contributed by atoms with Gasteiger partial charge in [-0.1, -0.05) is 12.1 Å². The SMILES string of the molecule is CCOc1ccc(-c2nc(NC(=O)CCN3C(=O)c4ccccc4C3=O)sc2C)cc1. The molecular weight excluding hydrogens is 414 g/mol. The van der Waals surface area contributed by atoms with Crippen molar-refractivity contribution in [3.63, 3.8) is 0 Å². The summed E-state index contributed by atoms with van der Waals surface area (Å²) in [5.74, 6) is -0.239. The number of aryl methyl sites for hydroxylation is 1. The summed E-state index contributed by atoms with van der Waals surface area (Å²) >= 11 is 1.38. The molecule has 1 aromatic heterocycles. The van der Waals surface area contributed by atoms with E-state index in [0.29, 0.717) is 22.9 Å². The number of carbonyl (C=O) groups is 3. The van der Waals surface area contributed by atoms with Gasteiger partial charge in [-0.25, -0.2) is 4.98 Å². The van der Waals surface area contributed by atoms with Crippen molar-refractivity contribution in [1.82, 2.24) is 9.88 Å². The molecule has 0 aliphatic carbocycles. The number of nitrogens with one attached hydrogen (secondary N) is 1. The van der Waals surface area contributed by atoms with E-state index in [-0.39, 0.29) is 30.7 Å². The molecule has 0 atom stereocenters. The molecular formula is C23H21N3O4S. The van der Waals surface area contributed by atoms with Crippen molar-refractivity contribution < 1.29 is 19.1 Å². The molecule has 1 aliphatic rings. The van der Waals surface area contributed by atoms with Crippen LogP contribution in [0.4, 0.5) is 5.13 Å². The van der Waals surface area contributed by atoms with Crippen molar-refractivity contribution >= 4 is 34.2 Å². The number of rotatable bonds is 7. The summed E-state index contributed by atoms with van der Waals surface area (Å²) in [6.45, 7) is 4.50. The number of aromatic nitrogens is 1. The molecule has 0 radical (unpaired) electrons. The lowest BCUT2D eigenvalue weighted by molar-refractivity contribution is -0.116. The predicted octanol–water partition coefficient (Wildman–Crippen LogP) is 4.14. The lowest BCUT2D eigenvalue weighted by Crippen LogP contribution is -2.32. The Bertz CT molecular complexity index is 1120. The fraction of sp³-hybridized carbons (Fsp3) is 0.217. The summed E-state index contributed by atoms with van der Waals surface area (Å²) in [6, 6.07) is 14.3. The van der Waals surface area contributed by atoms with Crippen LogP contribution in [0.3, 0.4) is 0 Å². The molecule has 0 bridgehead atoms. The lowest BCUT2D eigenvalue weighted by atomic mass is 10.1. The highest BCUT2D eigenvalue weighted by Gasteiger charge is 2.35. The van der Waals surface area contributed by atoms with E-state index in [1.807, 2.05) is 38.1 Å². The third-order valence-electron chi connectivity index (χ3n) is 4.92. The van der Waals surface area contributed by atoms with Crippen LogP contribution in [0.5, 0.6) is 5.75 Å². The molecule has 0 saturated carbocycles. The lowest BCUT2D eigenvalue weighted by Gasteiger charge is -2.12. The Morgan fingerprint density at radius 3 is 2.32 bits per heavy atom. The average Bonchev–Trinajstić information content (AvgIpc) is 3.24. The number of hydrogen-bond acceptors (Lipinski definition) is 6. The number of fused-ring (bicyclic) bond motifs is 1. The maximum Gasteiger partial charge on any atom is 0.261 e. The first kappa shape index (κ1) is 20.7. The Balaban J connectivity index is 1.38. The minimum atomic E-state index is -0.365. The summed E-state index contributed by atoms with van der Waals surface area (Å²) in [4.78, 5) is 43.8. The summed E-state index contributed by atoms with van der Waals surface area (Å²) in [5.41, 5.74) is 2.49. The minimum absolute atomic E-state index is 0.00246. The van der Waals surface area contributed by atoms with Crippen LogP contribution in [0.2, 0.25) is 0 Å². The van der Waals surface area contributed by atoms with E-state index in [2.05, 4.69) is 10.3 Å². The summed E-state index contributed by atoms with van der Waals surface area (Å²) in [7, 11) is 0. The second kappa shape index (κ2) is 8.69. The van der Waals surface area contributed by atoms with Crippen molar-refractivity contribution in [3.05, 3.63) is 64.5 Å². The highest BCUT2D eigenvalue weighted by Crippen LogP contribution is 2.31. The van der Waals surface area contributed by atoms with Gasteiger partial charge < -0.3 is 10.1 Å². The zero-order chi connectivity index (χ0) is 22.0. The number of thiazole rings is 1. The molecule has 0 unspecified atom stereocenters. The Morgan fingerprint density at radius 2 is 1.71 bits per heavy atom. The molecule has 31 heavy (non-hydrogen) atoms.